The minimum Gasteiger partial charge on any atom is -0.385 e. The zero-order valence-electron chi connectivity index (χ0n) is 19.7. The zero-order valence-corrected chi connectivity index (χ0v) is 21.4. The van der Waals surface area contributed by atoms with E-state index in [0.29, 0.717) is 19.6 Å². The smallest absolute Gasteiger partial charge is 0.238 e. The molecule has 0 saturated heterocycles. The van der Waals surface area contributed by atoms with Crippen LogP contribution < -0.4 is 0 Å². The van der Waals surface area contributed by atoms with Gasteiger partial charge in [0.15, 0.2) is 0 Å². The first-order valence-electron chi connectivity index (χ1n) is 11.6. The molecule has 1 atom stereocenters. The van der Waals surface area contributed by atoms with Gasteiger partial charge in [-0.2, -0.15) is 4.31 Å². The summed E-state index contributed by atoms with van der Waals surface area (Å²) < 4.78 is 32.9. The fraction of sp³-hybridized carbons (Fsp3) is 0.296. The second kappa shape index (κ2) is 11.8. The van der Waals surface area contributed by atoms with Gasteiger partial charge in [-0.05, 0) is 47.1 Å². The van der Waals surface area contributed by atoms with E-state index in [4.69, 9.17) is 4.74 Å². The first-order valence-corrected chi connectivity index (χ1v) is 14.0. The molecule has 1 aliphatic rings. The van der Waals surface area contributed by atoms with Gasteiger partial charge < -0.3 is 9.64 Å². The summed E-state index contributed by atoms with van der Waals surface area (Å²) in [5.41, 5.74) is 2.93. The molecule has 3 aromatic rings. The maximum Gasteiger partial charge on any atom is 0.238 e. The molecule has 1 unspecified atom stereocenters. The molecule has 8 heteroatoms. The van der Waals surface area contributed by atoms with Gasteiger partial charge in [-0.25, -0.2) is 8.42 Å². The van der Waals surface area contributed by atoms with Crippen molar-refractivity contribution in [3.05, 3.63) is 99.1 Å². The van der Waals surface area contributed by atoms with E-state index in [-0.39, 0.29) is 25.0 Å². The van der Waals surface area contributed by atoms with Crippen molar-refractivity contribution in [2.45, 2.75) is 18.9 Å². The SMILES string of the molecule is COCCCN(CC(=O)N1CCc2sccc2C1c1ccccc1)S(=O)(=O)/C=C/c1ccccc1. The minimum atomic E-state index is -3.81. The van der Waals surface area contributed by atoms with Crippen LogP contribution >= 0.6 is 11.3 Å². The quantitative estimate of drug-likeness (QED) is 0.375. The number of methoxy groups -OCH3 is 1. The largest absolute Gasteiger partial charge is 0.385 e. The molecular weight excluding hydrogens is 480 g/mol. The van der Waals surface area contributed by atoms with Gasteiger partial charge in [-0.3, -0.25) is 4.79 Å². The van der Waals surface area contributed by atoms with Crippen LogP contribution in [0.1, 0.15) is 34.0 Å². The van der Waals surface area contributed by atoms with Gasteiger partial charge in [-0.1, -0.05) is 60.7 Å². The van der Waals surface area contributed by atoms with Crippen molar-refractivity contribution < 1.29 is 17.9 Å². The fourth-order valence-corrected chi connectivity index (χ4v) is 6.40. The lowest BCUT2D eigenvalue weighted by atomic mass is 9.93. The molecular formula is C27H30N2O4S2. The van der Waals surface area contributed by atoms with Crippen LogP contribution in [0.25, 0.3) is 6.08 Å². The van der Waals surface area contributed by atoms with E-state index in [2.05, 4.69) is 11.4 Å². The predicted octanol–water partition coefficient (Wildman–Crippen LogP) is 4.56. The topological polar surface area (TPSA) is 66.9 Å². The summed E-state index contributed by atoms with van der Waals surface area (Å²) in [4.78, 5) is 16.7. The van der Waals surface area contributed by atoms with E-state index in [0.717, 1.165) is 23.1 Å². The van der Waals surface area contributed by atoms with Crippen LogP contribution in [0.4, 0.5) is 0 Å². The van der Waals surface area contributed by atoms with Gasteiger partial charge in [0.25, 0.3) is 0 Å². The minimum absolute atomic E-state index is 0.203. The lowest BCUT2D eigenvalue weighted by molar-refractivity contribution is -0.133. The number of amides is 1. The first-order chi connectivity index (χ1) is 17.0. The molecule has 0 aliphatic carbocycles. The van der Waals surface area contributed by atoms with E-state index in [1.807, 2.05) is 65.6 Å². The van der Waals surface area contributed by atoms with Gasteiger partial charge in [0.05, 0.1) is 12.6 Å². The molecule has 2 heterocycles. The summed E-state index contributed by atoms with van der Waals surface area (Å²) >= 11 is 1.71. The number of sulfonamides is 1. The van der Waals surface area contributed by atoms with Crippen LogP contribution in [-0.4, -0.2) is 56.9 Å². The number of carbonyl (C=O) groups is 1. The Morgan fingerprint density at radius 1 is 1.11 bits per heavy atom. The van der Waals surface area contributed by atoms with Crippen molar-refractivity contribution in [2.75, 3.05) is 33.4 Å². The number of carbonyl (C=O) groups excluding carboxylic acids is 1. The molecule has 0 N–H and O–H groups in total. The number of rotatable bonds is 10. The molecule has 0 fully saturated rings. The number of hydrogen-bond acceptors (Lipinski definition) is 5. The molecule has 0 saturated carbocycles. The van der Waals surface area contributed by atoms with Gasteiger partial charge in [-0.15, -0.1) is 11.3 Å². The summed E-state index contributed by atoms with van der Waals surface area (Å²) in [6, 6.07) is 21.0. The molecule has 1 aliphatic heterocycles. The molecule has 0 spiro atoms. The molecule has 35 heavy (non-hydrogen) atoms. The van der Waals surface area contributed by atoms with Crippen LogP contribution in [0.5, 0.6) is 0 Å². The third-order valence-corrected chi connectivity index (χ3v) is 8.57. The average molecular weight is 511 g/mol. The number of nitrogens with zero attached hydrogens (tertiary/aromatic N) is 2. The molecule has 0 radical (unpaired) electrons. The maximum absolute atomic E-state index is 13.6. The second-order valence-corrected chi connectivity index (χ2v) is 11.2. The highest BCUT2D eigenvalue weighted by Crippen LogP contribution is 2.37. The molecule has 184 valence electrons. The maximum atomic E-state index is 13.6. The Kier molecular flexibility index (Phi) is 8.51. The Morgan fingerprint density at radius 3 is 2.54 bits per heavy atom. The summed E-state index contributed by atoms with van der Waals surface area (Å²) in [7, 11) is -2.24. The van der Waals surface area contributed by atoms with Crippen molar-refractivity contribution in [3.8, 4) is 0 Å². The summed E-state index contributed by atoms with van der Waals surface area (Å²) in [6.45, 7) is 0.956. The van der Waals surface area contributed by atoms with Gasteiger partial charge in [0.1, 0.15) is 0 Å². The lowest BCUT2D eigenvalue weighted by Crippen LogP contribution is -2.46. The zero-order chi connectivity index (χ0) is 24.7. The molecule has 2 aromatic carbocycles. The second-order valence-electron chi connectivity index (χ2n) is 8.39. The van der Waals surface area contributed by atoms with Crippen LogP contribution in [0.15, 0.2) is 77.5 Å². The third-order valence-electron chi connectivity index (χ3n) is 6.06. The van der Waals surface area contributed by atoms with Crippen LogP contribution in [0.3, 0.4) is 0 Å². The fourth-order valence-electron chi connectivity index (χ4n) is 4.32. The highest BCUT2D eigenvalue weighted by molar-refractivity contribution is 7.92. The molecule has 1 aromatic heterocycles. The van der Waals surface area contributed by atoms with Gasteiger partial charge in [0.2, 0.25) is 15.9 Å². The Balaban J connectivity index is 1.58. The molecule has 0 bridgehead atoms. The van der Waals surface area contributed by atoms with E-state index < -0.39 is 10.0 Å². The molecule has 4 rings (SSSR count). The van der Waals surface area contributed by atoms with E-state index in [9.17, 15) is 13.2 Å². The Bertz CT molecular complexity index is 1240. The van der Waals surface area contributed by atoms with Gasteiger partial charge >= 0.3 is 0 Å². The number of hydrogen-bond donors (Lipinski definition) is 0. The highest BCUT2D eigenvalue weighted by Gasteiger charge is 2.34. The summed E-state index contributed by atoms with van der Waals surface area (Å²) in [5, 5.41) is 3.24. The summed E-state index contributed by atoms with van der Waals surface area (Å²) in [6.07, 6.45) is 2.83. The Morgan fingerprint density at radius 2 is 1.83 bits per heavy atom. The number of fused-ring (bicyclic) bond motifs is 1. The third kappa shape index (κ3) is 6.27. The molecule has 6 nitrogen and oxygen atoms in total. The highest BCUT2D eigenvalue weighted by atomic mass is 32.2. The Labute approximate surface area is 211 Å². The van der Waals surface area contributed by atoms with Gasteiger partial charge in [0, 0.05) is 37.1 Å². The molecule has 1 amide bonds. The van der Waals surface area contributed by atoms with Crippen molar-refractivity contribution in [3.63, 3.8) is 0 Å². The van der Waals surface area contributed by atoms with Crippen molar-refractivity contribution in [2.24, 2.45) is 0 Å². The average Bonchev–Trinajstić information content (AvgIpc) is 3.36. The summed E-state index contributed by atoms with van der Waals surface area (Å²) in [5.74, 6) is -0.204. The van der Waals surface area contributed by atoms with E-state index >= 15 is 0 Å². The standard InChI is InChI=1S/C27H30N2O4S2/c1-33-18-8-16-28(35(31,32)20-15-22-9-4-2-5-10-22)21-26(30)29-17-13-25-24(14-19-34-25)27(29)23-11-6-3-7-12-23/h2-7,9-12,14-15,19-20,27H,8,13,16-18,21H2,1H3/b20-15+. The predicted molar refractivity (Wildman–Crippen MR) is 140 cm³/mol. The van der Waals surface area contributed by atoms with Crippen molar-refractivity contribution >= 4 is 33.3 Å². The van der Waals surface area contributed by atoms with Crippen molar-refractivity contribution in [1.82, 2.24) is 9.21 Å². The van der Waals surface area contributed by atoms with Crippen LogP contribution in [-0.2, 0) is 26.0 Å². The number of ether oxygens (including phenoxy) is 1. The normalized spacial score (nSPS) is 16.1. The van der Waals surface area contributed by atoms with Crippen LogP contribution in [0.2, 0.25) is 0 Å². The van der Waals surface area contributed by atoms with E-state index in [1.165, 1.54) is 14.6 Å². The monoisotopic (exact) mass is 510 g/mol. The Hall–Kier alpha value is -2.78. The first kappa shape index (κ1) is 25.3. The number of thiophene rings is 1. The van der Waals surface area contributed by atoms with Crippen LogP contribution in [0, 0.1) is 0 Å². The van der Waals surface area contributed by atoms with Crippen molar-refractivity contribution in [1.29, 1.82) is 0 Å². The number of benzene rings is 2. The lowest BCUT2D eigenvalue weighted by Gasteiger charge is -2.37. The van der Waals surface area contributed by atoms with E-state index in [1.54, 1.807) is 24.5 Å².